The van der Waals surface area contributed by atoms with E-state index in [4.69, 9.17) is 21.1 Å². The molecule has 0 saturated heterocycles. The van der Waals surface area contributed by atoms with Crippen molar-refractivity contribution >= 4 is 34.5 Å². The number of hydrogen-bond donors (Lipinski definition) is 1. The second kappa shape index (κ2) is 7.60. The lowest BCUT2D eigenvalue weighted by molar-refractivity contribution is -0.126. The Morgan fingerprint density at radius 1 is 1.21 bits per heavy atom. The Bertz CT molecular complexity index is 1070. The van der Waals surface area contributed by atoms with Crippen LogP contribution in [0.2, 0.25) is 5.02 Å². The molecule has 0 spiro atoms. The minimum atomic E-state index is -0.0261. The first-order valence-electron chi connectivity index (χ1n) is 9.07. The van der Waals surface area contributed by atoms with Crippen LogP contribution in [0.15, 0.2) is 42.5 Å². The monoisotopic (exact) mass is 396 g/mol. The van der Waals surface area contributed by atoms with Crippen molar-refractivity contribution in [1.29, 1.82) is 0 Å². The molecule has 0 bridgehead atoms. The van der Waals surface area contributed by atoms with E-state index in [1.807, 2.05) is 17.0 Å². The normalized spacial score (nSPS) is 13.8. The van der Waals surface area contributed by atoms with Crippen molar-refractivity contribution in [2.45, 2.75) is 13.0 Å². The van der Waals surface area contributed by atoms with Crippen LogP contribution in [0.25, 0.3) is 17.0 Å². The van der Waals surface area contributed by atoms with Crippen LogP contribution in [0.1, 0.15) is 16.8 Å². The number of aromatic nitrogens is 1. The Labute approximate surface area is 168 Å². The number of hydrogen-bond acceptors (Lipinski definition) is 3. The SMILES string of the molecule is COc1cc(/C=C/C(=O)N2CCc3[nH]c4ccccc4c3C2)cc(Cl)c1OC. The standard InChI is InChI=1S/C22H21ClN2O3/c1-27-20-12-14(11-17(23)22(20)28-2)7-8-21(26)25-10-9-19-16(13-25)15-5-3-4-6-18(15)24-19/h3-8,11-12,24H,9-10,13H2,1-2H3/b8-7+. The van der Waals surface area contributed by atoms with Crippen LogP contribution in [-0.2, 0) is 17.8 Å². The molecule has 3 aromatic rings. The van der Waals surface area contributed by atoms with Crippen LogP contribution in [0.4, 0.5) is 0 Å². The number of nitrogens with one attached hydrogen (secondary N) is 1. The average Bonchev–Trinajstić information content (AvgIpc) is 3.09. The van der Waals surface area contributed by atoms with Gasteiger partial charge in [-0.2, -0.15) is 0 Å². The number of ether oxygens (including phenoxy) is 2. The quantitative estimate of drug-likeness (QED) is 0.663. The largest absolute Gasteiger partial charge is 0.493 e. The van der Waals surface area contributed by atoms with Crippen molar-refractivity contribution in [3.63, 3.8) is 0 Å². The molecule has 2 heterocycles. The highest BCUT2D eigenvalue weighted by Gasteiger charge is 2.22. The zero-order valence-electron chi connectivity index (χ0n) is 15.8. The minimum absolute atomic E-state index is 0.0261. The topological polar surface area (TPSA) is 54.6 Å². The second-order valence-corrected chi connectivity index (χ2v) is 7.12. The lowest BCUT2D eigenvalue weighted by atomic mass is 10.0. The lowest BCUT2D eigenvalue weighted by Gasteiger charge is -2.26. The Balaban J connectivity index is 1.54. The van der Waals surface area contributed by atoms with Crippen molar-refractivity contribution < 1.29 is 14.3 Å². The van der Waals surface area contributed by atoms with E-state index in [9.17, 15) is 4.79 Å². The second-order valence-electron chi connectivity index (χ2n) is 6.71. The van der Waals surface area contributed by atoms with Gasteiger partial charge in [0.15, 0.2) is 11.5 Å². The van der Waals surface area contributed by atoms with E-state index in [1.54, 1.807) is 31.4 Å². The van der Waals surface area contributed by atoms with Gasteiger partial charge in [-0.1, -0.05) is 29.8 Å². The predicted molar refractivity (Wildman–Crippen MR) is 111 cm³/mol. The molecule has 1 aliphatic rings. The number of carbonyl (C=O) groups excluding carboxylic acids is 1. The molecule has 1 aromatic heterocycles. The fourth-order valence-electron chi connectivity index (χ4n) is 3.66. The van der Waals surface area contributed by atoms with Gasteiger partial charge in [-0.25, -0.2) is 0 Å². The highest BCUT2D eigenvalue weighted by Crippen LogP contribution is 2.36. The van der Waals surface area contributed by atoms with Crippen molar-refractivity contribution in [2.75, 3.05) is 20.8 Å². The summed E-state index contributed by atoms with van der Waals surface area (Å²) in [7, 11) is 3.09. The Morgan fingerprint density at radius 3 is 2.82 bits per heavy atom. The van der Waals surface area contributed by atoms with Gasteiger partial charge in [0.2, 0.25) is 5.91 Å². The smallest absolute Gasteiger partial charge is 0.246 e. The van der Waals surface area contributed by atoms with Crippen LogP contribution >= 0.6 is 11.6 Å². The minimum Gasteiger partial charge on any atom is -0.493 e. The molecule has 0 atom stereocenters. The molecular formula is C22H21ClN2O3. The molecular weight excluding hydrogens is 376 g/mol. The number of H-pyrrole nitrogens is 1. The molecule has 6 heteroatoms. The summed E-state index contributed by atoms with van der Waals surface area (Å²) in [5.41, 5.74) is 4.33. The number of para-hydroxylation sites is 1. The average molecular weight is 397 g/mol. The van der Waals surface area contributed by atoms with Gasteiger partial charge >= 0.3 is 0 Å². The van der Waals surface area contributed by atoms with Crippen LogP contribution < -0.4 is 9.47 Å². The summed E-state index contributed by atoms with van der Waals surface area (Å²) < 4.78 is 10.6. The first-order chi connectivity index (χ1) is 13.6. The molecule has 0 saturated carbocycles. The molecule has 28 heavy (non-hydrogen) atoms. The van der Waals surface area contributed by atoms with E-state index >= 15 is 0 Å². The number of carbonyl (C=O) groups is 1. The molecule has 0 fully saturated rings. The number of aromatic amines is 1. The summed E-state index contributed by atoms with van der Waals surface area (Å²) in [6.07, 6.45) is 4.16. The summed E-state index contributed by atoms with van der Waals surface area (Å²) >= 11 is 6.24. The van der Waals surface area contributed by atoms with Gasteiger partial charge in [-0.3, -0.25) is 4.79 Å². The van der Waals surface area contributed by atoms with Crippen LogP contribution in [0.3, 0.4) is 0 Å². The summed E-state index contributed by atoms with van der Waals surface area (Å²) in [4.78, 5) is 18.1. The van der Waals surface area contributed by atoms with Crippen molar-refractivity contribution in [1.82, 2.24) is 9.88 Å². The van der Waals surface area contributed by atoms with E-state index < -0.39 is 0 Å². The van der Waals surface area contributed by atoms with Gasteiger partial charge in [-0.15, -0.1) is 0 Å². The molecule has 1 aliphatic heterocycles. The number of halogens is 1. The van der Waals surface area contributed by atoms with Crippen molar-refractivity contribution in [2.24, 2.45) is 0 Å². The lowest BCUT2D eigenvalue weighted by Crippen LogP contribution is -2.34. The van der Waals surface area contributed by atoms with Crippen LogP contribution in [0, 0.1) is 0 Å². The molecule has 0 unspecified atom stereocenters. The number of rotatable bonds is 4. The number of benzene rings is 2. The maximum absolute atomic E-state index is 12.7. The molecule has 2 aromatic carbocycles. The third-order valence-corrected chi connectivity index (χ3v) is 5.35. The van der Waals surface area contributed by atoms with Crippen LogP contribution in [0.5, 0.6) is 11.5 Å². The molecule has 0 aliphatic carbocycles. The van der Waals surface area contributed by atoms with E-state index in [-0.39, 0.29) is 5.91 Å². The van der Waals surface area contributed by atoms with Crippen molar-refractivity contribution in [3.05, 3.63) is 64.3 Å². The molecule has 0 radical (unpaired) electrons. The van der Waals surface area contributed by atoms with E-state index in [0.717, 1.165) is 17.5 Å². The molecule has 144 valence electrons. The maximum Gasteiger partial charge on any atom is 0.246 e. The molecule has 5 nitrogen and oxygen atoms in total. The summed E-state index contributed by atoms with van der Waals surface area (Å²) in [6, 6.07) is 11.8. The highest BCUT2D eigenvalue weighted by atomic mass is 35.5. The zero-order valence-corrected chi connectivity index (χ0v) is 16.5. The molecule has 1 amide bonds. The molecule has 4 rings (SSSR count). The number of nitrogens with zero attached hydrogens (tertiary/aromatic N) is 1. The predicted octanol–water partition coefficient (Wildman–Crippen LogP) is 4.44. The van der Waals surface area contributed by atoms with Gasteiger partial charge in [0, 0.05) is 47.7 Å². The fourth-order valence-corrected chi connectivity index (χ4v) is 3.96. The summed E-state index contributed by atoms with van der Waals surface area (Å²) in [6.45, 7) is 1.30. The van der Waals surface area contributed by atoms with Gasteiger partial charge in [0.1, 0.15) is 0 Å². The number of amides is 1. The number of fused-ring (bicyclic) bond motifs is 3. The molecule has 1 N–H and O–H groups in total. The van der Waals surface area contributed by atoms with Gasteiger partial charge in [0.25, 0.3) is 0 Å². The zero-order chi connectivity index (χ0) is 19.7. The Hall–Kier alpha value is -2.92. The van der Waals surface area contributed by atoms with E-state index in [2.05, 4.69) is 17.1 Å². The van der Waals surface area contributed by atoms with Gasteiger partial charge in [-0.05, 0) is 29.8 Å². The van der Waals surface area contributed by atoms with E-state index in [0.29, 0.717) is 29.6 Å². The third-order valence-electron chi connectivity index (χ3n) is 5.07. The van der Waals surface area contributed by atoms with Crippen molar-refractivity contribution in [3.8, 4) is 11.5 Å². The summed E-state index contributed by atoms with van der Waals surface area (Å²) in [5.74, 6) is 0.987. The first-order valence-corrected chi connectivity index (χ1v) is 9.45. The summed E-state index contributed by atoms with van der Waals surface area (Å²) in [5, 5.41) is 1.63. The Morgan fingerprint density at radius 2 is 2.04 bits per heavy atom. The number of methoxy groups -OCH3 is 2. The Kier molecular flexibility index (Phi) is 5.01. The highest BCUT2D eigenvalue weighted by molar-refractivity contribution is 6.32. The van der Waals surface area contributed by atoms with Gasteiger partial charge in [0.05, 0.1) is 19.2 Å². The van der Waals surface area contributed by atoms with Crippen LogP contribution in [-0.4, -0.2) is 36.6 Å². The first kappa shape index (κ1) is 18.4. The maximum atomic E-state index is 12.7. The fraction of sp³-hybridized carbons (Fsp3) is 0.227. The van der Waals surface area contributed by atoms with E-state index in [1.165, 1.54) is 23.8 Å². The third kappa shape index (κ3) is 3.34. The van der Waals surface area contributed by atoms with Gasteiger partial charge < -0.3 is 19.4 Å².